The molecule has 0 heterocycles. The molecule has 0 N–H and O–H groups in total. The monoisotopic (exact) mass is 222 g/mol. The third-order valence-electron chi connectivity index (χ3n) is 2.63. The zero-order valence-corrected chi connectivity index (χ0v) is 7.10. The van der Waals surface area contributed by atoms with Gasteiger partial charge in [0.15, 0.2) is 0 Å². The maximum Gasteiger partial charge on any atom is 0.0138 e. The molecule has 0 saturated heterocycles. The van der Waals surface area contributed by atoms with Crippen molar-refractivity contribution in [3.8, 4) is 0 Å². The summed E-state index contributed by atoms with van der Waals surface area (Å²) in [6.07, 6.45) is 6.17. The first kappa shape index (κ1) is 5.51. The molecule has 3 aliphatic carbocycles. The van der Waals surface area contributed by atoms with Gasteiger partial charge in [-0.05, 0) is 37.5 Å². The van der Waals surface area contributed by atoms with Crippen molar-refractivity contribution in [1.29, 1.82) is 0 Å². The van der Waals surface area contributed by atoms with E-state index in [4.69, 9.17) is 0 Å². The normalized spacial score (nSPS) is 52.9. The molecule has 0 nitrogen and oxygen atoms in total. The van der Waals surface area contributed by atoms with E-state index in [1.165, 1.54) is 12.8 Å². The van der Waals surface area contributed by atoms with E-state index >= 15 is 0 Å². The zero-order valence-electron chi connectivity index (χ0n) is 4.94. The van der Waals surface area contributed by atoms with Gasteiger partial charge in [-0.15, -0.1) is 0 Å². The lowest BCUT2D eigenvalue weighted by Gasteiger charge is -2.44. The molecule has 3 rings (SSSR count). The molecule has 1 heteroatoms. The average molecular weight is 222 g/mol. The Balaban J connectivity index is 2.01. The van der Waals surface area contributed by atoms with E-state index in [1.54, 1.807) is 12.8 Å². The Morgan fingerprint density at radius 1 is 1.12 bits per heavy atom. The Morgan fingerprint density at radius 2 is 1.88 bits per heavy atom. The van der Waals surface area contributed by atoms with Crippen LogP contribution in [0.3, 0.4) is 0 Å². The standard InChI is InChI=1S/C7H11I/c8-7-2-1-5-3-6(7)4-5/h5-7H,1-4H2. The van der Waals surface area contributed by atoms with Gasteiger partial charge in [-0.2, -0.15) is 0 Å². The van der Waals surface area contributed by atoms with Gasteiger partial charge in [0.1, 0.15) is 0 Å². The first-order chi connectivity index (χ1) is 3.86. The van der Waals surface area contributed by atoms with Gasteiger partial charge in [-0.1, -0.05) is 22.6 Å². The Kier molecular flexibility index (Phi) is 1.28. The molecule has 0 aliphatic heterocycles. The molecule has 2 bridgehead atoms. The van der Waals surface area contributed by atoms with Crippen molar-refractivity contribution < 1.29 is 0 Å². The minimum Gasteiger partial charge on any atom is -0.0823 e. The fourth-order valence-electron chi connectivity index (χ4n) is 1.95. The summed E-state index contributed by atoms with van der Waals surface area (Å²) in [6, 6.07) is 0. The lowest BCUT2D eigenvalue weighted by Crippen LogP contribution is -2.36. The fraction of sp³-hybridized carbons (Fsp3) is 1.00. The van der Waals surface area contributed by atoms with E-state index in [0.29, 0.717) is 0 Å². The summed E-state index contributed by atoms with van der Waals surface area (Å²) in [5.41, 5.74) is 0. The predicted molar refractivity (Wildman–Crippen MR) is 43.3 cm³/mol. The highest BCUT2D eigenvalue weighted by molar-refractivity contribution is 14.1. The minimum absolute atomic E-state index is 1.04. The Hall–Kier alpha value is 0.730. The molecule has 0 aromatic carbocycles. The van der Waals surface area contributed by atoms with E-state index in [-0.39, 0.29) is 0 Å². The Bertz CT molecular complexity index is 89.1. The minimum atomic E-state index is 1.04. The summed E-state index contributed by atoms with van der Waals surface area (Å²) in [4.78, 5) is 0. The van der Waals surface area contributed by atoms with Crippen LogP contribution in [-0.2, 0) is 0 Å². The van der Waals surface area contributed by atoms with Crippen molar-refractivity contribution in [1.82, 2.24) is 0 Å². The lowest BCUT2D eigenvalue weighted by molar-refractivity contribution is 0.129. The second-order valence-electron chi connectivity index (χ2n) is 3.19. The average Bonchev–Trinajstić information content (AvgIpc) is 1.62. The molecule has 0 spiro atoms. The van der Waals surface area contributed by atoms with E-state index in [1.807, 2.05) is 0 Å². The van der Waals surface area contributed by atoms with Gasteiger partial charge >= 0.3 is 0 Å². The summed E-state index contributed by atoms with van der Waals surface area (Å²) >= 11 is 2.62. The number of halogens is 1. The highest BCUT2D eigenvalue weighted by Crippen LogP contribution is 2.48. The second kappa shape index (κ2) is 1.86. The van der Waals surface area contributed by atoms with Gasteiger partial charge in [-0.25, -0.2) is 0 Å². The first-order valence-electron chi connectivity index (χ1n) is 3.50. The molecule has 8 heavy (non-hydrogen) atoms. The molecule has 1 unspecified atom stereocenters. The molecule has 0 amide bonds. The summed E-state index contributed by atoms with van der Waals surface area (Å²) in [7, 11) is 0. The van der Waals surface area contributed by atoms with E-state index < -0.39 is 0 Å². The van der Waals surface area contributed by atoms with Crippen molar-refractivity contribution >= 4 is 22.6 Å². The number of rotatable bonds is 0. The molecule has 3 saturated carbocycles. The fourth-order valence-corrected chi connectivity index (χ4v) is 2.90. The maximum atomic E-state index is 2.62. The molecule has 46 valence electrons. The van der Waals surface area contributed by atoms with Crippen LogP contribution in [0.5, 0.6) is 0 Å². The SMILES string of the molecule is IC1CCC2CC1C2. The molecule has 1 atom stereocenters. The lowest BCUT2D eigenvalue weighted by atomic mass is 9.65. The van der Waals surface area contributed by atoms with Crippen molar-refractivity contribution in [2.75, 3.05) is 0 Å². The van der Waals surface area contributed by atoms with Crippen molar-refractivity contribution in [2.45, 2.75) is 29.6 Å². The summed E-state index contributed by atoms with van der Waals surface area (Å²) in [5.74, 6) is 2.29. The van der Waals surface area contributed by atoms with Gasteiger partial charge in [0, 0.05) is 3.92 Å². The molecular formula is C7H11I. The number of fused-ring (bicyclic) bond motifs is 2. The first-order valence-corrected chi connectivity index (χ1v) is 4.75. The molecule has 0 aromatic heterocycles. The van der Waals surface area contributed by atoms with Gasteiger partial charge in [0.25, 0.3) is 0 Å². The van der Waals surface area contributed by atoms with E-state index in [0.717, 1.165) is 15.8 Å². The van der Waals surface area contributed by atoms with Gasteiger partial charge in [-0.3, -0.25) is 0 Å². The van der Waals surface area contributed by atoms with Crippen molar-refractivity contribution in [2.24, 2.45) is 11.8 Å². The number of hydrogen-bond donors (Lipinski definition) is 0. The smallest absolute Gasteiger partial charge is 0.0138 e. The topological polar surface area (TPSA) is 0 Å². The van der Waals surface area contributed by atoms with Gasteiger partial charge in [0.05, 0.1) is 0 Å². The third kappa shape index (κ3) is 0.703. The van der Waals surface area contributed by atoms with Crippen LogP contribution < -0.4 is 0 Å². The van der Waals surface area contributed by atoms with Crippen molar-refractivity contribution in [3.05, 3.63) is 0 Å². The van der Waals surface area contributed by atoms with Gasteiger partial charge in [0.2, 0.25) is 0 Å². The molecular weight excluding hydrogens is 211 g/mol. The maximum absolute atomic E-state index is 2.62. The number of alkyl halides is 1. The van der Waals surface area contributed by atoms with Crippen LogP contribution in [0, 0.1) is 11.8 Å². The van der Waals surface area contributed by atoms with E-state index in [9.17, 15) is 0 Å². The quantitative estimate of drug-likeness (QED) is 0.436. The summed E-state index contributed by atoms with van der Waals surface area (Å²) in [5, 5.41) is 0. The van der Waals surface area contributed by atoms with Crippen LogP contribution >= 0.6 is 22.6 Å². The highest BCUT2D eigenvalue weighted by Gasteiger charge is 2.38. The van der Waals surface area contributed by atoms with E-state index in [2.05, 4.69) is 22.6 Å². The summed E-state index contributed by atoms with van der Waals surface area (Å²) < 4.78 is 1.04. The van der Waals surface area contributed by atoms with Crippen LogP contribution in [0.2, 0.25) is 0 Å². The molecule has 3 aliphatic rings. The van der Waals surface area contributed by atoms with Crippen LogP contribution in [0.4, 0.5) is 0 Å². The largest absolute Gasteiger partial charge is 0.0823 e. The molecule has 3 fully saturated rings. The second-order valence-corrected chi connectivity index (χ2v) is 4.79. The van der Waals surface area contributed by atoms with Crippen LogP contribution in [0.15, 0.2) is 0 Å². The molecule has 0 aromatic rings. The highest BCUT2D eigenvalue weighted by atomic mass is 127. The summed E-state index contributed by atoms with van der Waals surface area (Å²) in [6.45, 7) is 0. The molecule has 0 radical (unpaired) electrons. The van der Waals surface area contributed by atoms with Crippen LogP contribution in [0.1, 0.15) is 25.7 Å². The predicted octanol–water partition coefficient (Wildman–Crippen LogP) is 2.61. The third-order valence-corrected chi connectivity index (χ3v) is 4.27. The Morgan fingerprint density at radius 3 is 2.12 bits per heavy atom. The zero-order chi connectivity index (χ0) is 5.56. The van der Waals surface area contributed by atoms with Crippen molar-refractivity contribution in [3.63, 3.8) is 0 Å². The van der Waals surface area contributed by atoms with Crippen LogP contribution in [-0.4, -0.2) is 3.92 Å². The van der Waals surface area contributed by atoms with Crippen LogP contribution in [0.25, 0.3) is 0 Å². The van der Waals surface area contributed by atoms with Gasteiger partial charge < -0.3 is 0 Å². The number of hydrogen-bond acceptors (Lipinski definition) is 0. The Labute approximate surface area is 64.2 Å².